The molecule has 7 heteroatoms. The average molecular weight is 339 g/mol. The first-order valence-corrected chi connectivity index (χ1v) is 7.51. The third kappa shape index (κ3) is 5.91. The van der Waals surface area contributed by atoms with Crippen LogP contribution in [0.4, 0.5) is 0 Å². The van der Waals surface area contributed by atoms with Crippen LogP contribution in [0.25, 0.3) is 0 Å². The van der Waals surface area contributed by atoms with Crippen LogP contribution < -0.4 is 10.7 Å². The van der Waals surface area contributed by atoms with Crippen molar-refractivity contribution in [3.63, 3.8) is 0 Å². The number of carbonyl (C=O) groups excluding carboxylic acids is 2. The van der Waals surface area contributed by atoms with E-state index in [9.17, 15) is 14.4 Å². The number of rotatable bonds is 7. The van der Waals surface area contributed by atoms with E-state index in [1.54, 1.807) is 18.2 Å². The van der Waals surface area contributed by atoms with E-state index in [4.69, 9.17) is 5.11 Å². The summed E-state index contributed by atoms with van der Waals surface area (Å²) in [6.07, 6.45) is 0.855. The van der Waals surface area contributed by atoms with Gasteiger partial charge in [0, 0.05) is 12.1 Å². The van der Waals surface area contributed by atoms with Gasteiger partial charge in [-0.3, -0.25) is 9.59 Å². The summed E-state index contributed by atoms with van der Waals surface area (Å²) in [7, 11) is 0. The van der Waals surface area contributed by atoms with Crippen LogP contribution in [0.1, 0.15) is 27.9 Å². The molecule has 25 heavy (non-hydrogen) atoms. The minimum atomic E-state index is -1.09. The van der Waals surface area contributed by atoms with Crippen LogP contribution in [0.3, 0.4) is 0 Å². The predicted molar refractivity (Wildman–Crippen MR) is 92.0 cm³/mol. The second-order valence-electron chi connectivity index (χ2n) is 5.12. The van der Waals surface area contributed by atoms with Gasteiger partial charge in [0.25, 0.3) is 0 Å². The topological polar surface area (TPSA) is 108 Å². The molecular formula is C18H17N3O4. The Hall–Kier alpha value is -3.48. The molecule has 0 saturated heterocycles. The number of carboxylic acids is 1. The lowest BCUT2D eigenvalue weighted by molar-refractivity contribution is -0.129. The van der Waals surface area contributed by atoms with Crippen molar-refractivity contribution in [3.8, 4) is 0 Å². The van der Waals surface area contributed by atoms with Crippen LogP contribution in [0.15, 0.2) is 59.7 Å². The first-order chi connectivity index (χ1) is 12.1. The largest absolute Gasteiger partial charge is 0.478 e. The zero-order valence-corrected chi connectivity index (χ0v) is 13.3. The highest BCUT2D eigenvalue weighted by molar-refractivity contribution is 5.99. The highest BCUT2D eigenvalue weighted by atomic mass is 16.4. The van der Waals surface area contributed by atoms with Gasteiger partial charge in [-0.05, 0) is 11.6 Å². The van der Waals surface area contributed by atoms with Crippen molar-refractivity contribution in [1.29, 1.82) is 0 Å². The van der Waals surface area contributed by atoms with Crippen LogP contribution in [-0.2, 0) is 16.1 Å². The molecule has 2 rings (SSSR count). The van der Waals surface area contributed by atoms with Gasteiger partial charge in [-0.15, -0.1) is 0 Å². The molecule has 0 saturated carbocycles. The summed E-state index contributed by atoms with van der Waals surface area (Å²) in [4.78, 5) is 34.4. The molecule has 0 radical (unpaired) electrons. The van der Waals surface area contributed by atoms with E-state index in [-0.39, 0.29) is 12.0 Å². The molecule has 2 amide bonds. The monoisotopic (exact) mass is 339 g/mol. The van der Waals surface area contributed by atoms with Gasteiger partial charge in [0.05, 0.1) is 11.8 Å². The number of carboxylic acid groups (broad SMARTS) is 1. The Kier molecular flexibility index (Phi) is 6.41. The Morgan fingerprint density at radius 3 is 2.36 bits per heavy atom. The van der Waals surface area contributed by atoms with E-state index in [0.29, 0.717) is 12.1 Å². The number of hydrazone groups is 1. The van der Waals surface area contributed by atoms with Crippen molar-refractivity contribution in [2.75, 3.05) is 0 Å². The molecule has 0 fully saturated rings. The van der Waals surface area contributed by atoms with Crippen molar-refractivity contribution in [1.82, 2.24) is 10.7 Å². The van der Waals surface area contributed by atoms with Gasteiger partial charge in [-0.2, -0.15) is 5.10 Å². The maximum absolute atomic E-state index is 11.7. The Morgan fingerprint density at radius 1 is 0.960 bits per heavy atom. The lowest BCUT2D eigenvalue weighted by Gasteiger charge is -2.04. The summed E-state index contributed by atoms with van der Waals surface area (Å²) >= 11 is 0. The molecule has 0 atom stereocenters. The van der Waals surface area contributed by atoms with Gasteiger partial charge in [0.1, 0.15) is 6.42 Å². The fraction of sp³-hybridized carbons (Fsp3) is 0.111. The maximum atomic E-state index is 11.7. The summed E-state index contributed by atoms with van der Waals surface area (Å²) < 4.78 is 0. The lowest BCUT2D eigenvalue weighted by Crippen LogP contribution is -2.29. The van der Waals surface area contributed by atoms with Crippen molar-refractivity contribution < 1.29 is 19.5 Å². The molecule has 0 unspecified atom stereocenters. The molecule has 0 aliphatic rings. The summed E-state index contributed by atoms with van der Waals surface area (Å²) in [6, 6.07) is 15.6. The Morgan fingerprint density at radius 2 is 1.64 bits per heavy atom. The quantitative estimate of drug-likeness (QED) is 0.404. The minimum absolute atomic E-state index is 0.0705. The molecule has 0 aromatic heterocycles. The lowest BCUT2D eigenvalue weighted by atomic mass is 10.1. The van der Waals surface area contributed by atoms with Gasteiger partial charge >= 0.3 is 5.97 Å². The Balaban J connectivity index is 1.80. The first kappa shape index (κ1) is 17.9. The number of amides is 2. The Bertz CT molecular complexity index is 788. The molecule has 2 aromatic carbocycles. The third-order valence-electron chi connectivity index (χ3n) is 3.24. The van der Waals surface area contributed by atoms with E-state index in [0.717, 1.165) is 5.56 Å². The van der Waals surface area contributed by atoms with Crippen LogP contribution in [0.2, 0.25) is 0 Å². The summed E-state index contributed by atoms with van der Waals surface area (Å²) in [5.41, 5.74) is 3.55. The van der Waals surface area contributed by atoms with Crippen LogP contribution in [0.5, 0.6) is 0 Å². The summed E-state index contributed by atoms with van der Waals surface area (Å²) in [5, 5.41) is 15.4. The molecule has 0 heterocycles. The van der Waals surface area contributed by atoms with Crippen LogP contribution in [0, 0.1) is 0 Å². The van der Waals surface area contributed by atoms with E-state index in [1.807, 2.05) is 30.3 Å². The number of nitrogens with one attached hydrogen (secondary N) is 2. The minimum Gasteiger partial charge on any atom is -0.478 e. The molecular weight excluding hydrogens is 322 g/mol. The maximum Gasteiger partial charge on any atom is 0.336 e. The van der Waals surface area contributed by atoms with Crippen molar-refractivity contribution in [2.45, 2.75) is 13.0 Å². The number of hydrogen-bond acceptors (Lipinski definition) is 4. The van der Waals surface area contributed by atoms with Gasteiger partial charge in [0.15, 0.2) is 0 Å². The van der Waals surface area contributed by atoms with Gasteiger partial charge in [-0.25, -0.2) is 10.2 Å². The zero-order chi connectivity index (χ0) is 18.1. The van der Waals surface area contributed by atoms with Crippen molar-refractivity contribution >= 4 is 24.0 Å². The van der Waals surface area contributed by atoms with Crippen LogP contribution in [-0.4, -0.2) is 29.1 Å². The van der Waals surface area contributed by atoms with E-state index in [2.05, 4.69) is 15.8 Å². The standard InChI is InChI=1S/C18H17N3O4/c22-16(19-11-13-6-2-1-3-7-13)10-17(23)21-20-12-14-8-4-5-9-15(14)18(24)25/h1-9,12H,10-11H2,(H,19,22)(H,21,23)(H,24,25)/b20-12+. The van der Waals surface area contributed by atoms with Gasteiger partial charge in [-0.1, -0.05) is 48.5 Å². The SMILES string of the molecule is O=C(CC(=O)N/N=C/c1ccccc1C(=O)O)NCc1ccccc1. The normalized spacial score (nSPS) is 10.4. The van der Waals surface area contributed by atoms with Gasteiger partial charge < -0.3 is 10.4 Å². The number of carbonyl (C=O) groups is 3. The zero-order valence-electron chi connectivity index (χ0n) is 13.3. The van der Waals surface area contributed by atoms with Gasteiger partial charge in [0.2, 0.25) is 11.8 Å². The predicted octanol–water partition coefficient (Wildman–Crippen LogP) is 1.54. The number of hydrogen-bond donors (Lipinski definition) is 3. The number of aromatic carboxylic acids is 1. The fourth-order valence-electron chi connectivity index (χ4n) is 2.02. The van der Waals surface area contributed by atoms with Crippen LogP contribution >= 0.6 is 0 Å². The van der Waals surface area contributed by atoms with Crippen molar-refractivity contribution in [3.05, 3.63) is 71.3 Å². The first-order valence-electron chi connectivity index (χ1n) is 7.51. The molecule has 0 spiro atoms. The molecule has 7 nitrogen and oxygen atoms in total. The average Bonchev–Trinajstić information content (AvgIpc) is 2.61. The van der Waals surface area contributed by atoms with E-state index in [1.165, 1.54) is 12.3 Å². The highest BCUT2D eigenvalue weighted by Crippen LogP contribution is 2.05. The fourth-order valence-corrected chi connectivity index (χ4v) is 2.02. The second kappa shape index (κ2) is 8.97. The molecule has 128 valence electrons. The van der Waals surface area contributed by atoms with Crippen molar-refractivity contribution in [2.24, 2.45) is 5.10 Å². The molecule has 3 N–H and O–H groups in total. The molecule has 0 aliphatic carbocycles. The van der Waals surface area contributed by atoms with E-state index < -0.39 is 17.8 Å². The molecule has 0 bridgehead atoms. The second-order valence-corrected chi connectivity index (χ2v) is 5.12. The number of benzene rings is 2. The third-order valence-corrected chi connectivity index (χ3v) is 3.24. The smallest absolute Gasteiger partial charge is 0.336 e. The summed E-state index contributed by atoms with van der Waals surface area (Å²) in [6.45, 7) is 0.336. The highest BCUT2D eigenvalue weighted by Gasteiger charge is 2.09. The molecule has 2 aromatic rings. The van der Waals surface area contributed by atoms with E-state index >= 15 is 0 Å². The molecule has 0 aliphatic heterocycles. The Labute approximate surface area is 144 Å². The summed E-state index contributed by atoms with van der Waals surface area (Å²) in [5.74, 6) is -2.11. The number of nitrogens with zero attached hydrogens (tertiary/aromatic N) is 1.